The second-order valence-corrected chi connectivity index (χ2v) is 10.2. The third kappa shape index (κ3) is 3.10. The van der Waals surface area contributed by atoms with Crippen molar-refractivity contribution in [1.82, 2.24) is 0 Å². The van der Waals surface area contributed by atoms with Crippen molar-refractivity contribution in [3.8, 4) is 5.75 Å². The molecule has 3 aliphatic carbocycles. The predicted molar refractivity (Wildman–Crippen MR) is 101 cm³/mol. The normalized spacial score (nSPS) is 34.1. The van der Waals surface area contributed by atoms with Crippen LogP contribution in [0.4, 0.5) is 13.2 Å². The molecule has 4 nitrogen and oxygen atoms in total. The molecule has 5 atom stereocenters. The smallest absolute Gasteiger partial charge is 0.376 e. The number of alkyl halides is 3. The summed E-state index contributed by atoms with van der Waals surface area (Å²) in [5, 5.41) is 0. The van der Waals surface area contributed by atoms with Crippen LogP contribution < -0.4 is 4.18 Å². The van der Waals surface area contributed by atoms with E-state index in [1.807, 2.05) is 6.08 Å². The molecule has 3 unspecified atom stereocenters. The molecule has 8 heteroatoms. The summed E-state index contributed by atoms with van der Waals surface area (Å²) < 4.78 is 64.8. The summed E-state index contributed by atoms with van der Waals surface area (Å²) in [7, 11) is -5.70. The van der Waals surface area contributed by atoms with E-state index in [9.17, 15) is 26.4 Å². The van der Waals surface area contributed by atoms with Crippen LogP contribution in [0, 0.1) is 23.2 Å². The minimum absolute atomic E-state index is 0.0908. The van der Waals surface area contributed by atoms with Crippen LogP contribution in [0.2, 0.25) is 0 Å². The van der Waals surface area contributed by atoms with Crippen LogP contribution >= 0.6 is 0 Å². The maximum absolute atomic E-state index is 12.6. The number of ketones is 1. The lowest BCUT2D eigenvalue weighted by Gasteiger charge is -2.51. The summed E-state index contributed by atoms with van der Waals surface area (Å²) in [5.41, 5.74) is -3.99. The molecule has 0 radical (unpaired) electrons. The van der Waals surface area contributed by atoms with E-state index in [4.69, 9.17) is 0 Å². The second-order valence-electron chi connectivity index (χ2n) is 8.66. The van der Waals surface area contributed by atoms with E-state index in [0.717, 1.165) is 30.4 Å². The molecule has 0 amide bonds. The van der Waals surface area contributed by atoms with Gasteiger partial charge in [0.05, 0.1) is 0 Å². The molecule has 1 aromatic rings. The van der Waals surface area contributed by atoms with E-state index in [0.29, 0.717) is 30.5 Å². The molecule has 2 saturated carbocycles. The number of allylic oxidation sites excluding steroid dienone is 1. The van der Waals surface area contributed by atoms with Crippen molar-refractivity contribution in [2.45, 2.75) is 50.5 Å². The minimum atomic E-state index is -5.70. The molecule has 0 heterocycles. The number of halogens is 3. The number of Topliss-reactive ketones (excluding diaryl/α,β-unsaturated/α-hetero) is 1. The van der Waals surface area contributed by atoms with E-state index < -0.39 is 15.6 Å². The molecule has 0 bridgehead atoms. The van der Waals surface area contributed by atoms with Gasteiger partial charge < -0.3 is 4.18 Å². The number of carbonyl (C=O) groups excluding carboxylic acids is 1. The summed E-state index contributed by atoms with van der Waals surface area (Å²) >= 11 is 0. The highest BCUT2D eigenvalue weighted by Crippen LogP contribution is 2.61. The van der Waals surface area contributed by atoms with Gasteiger partial charge in [0.2, 0.25) is 0 Å². The molecule has 1 aromatic carbocycles. The zero-order valence-electron chi connectivity index (χ0n) is 16.0. The fourth-order valence-electron chi connectivity index (χ4n) is 5.98. The third-order valence-corrected chi connectivity index (χ3v) is 8.23. The molecule has 29 heavy (non-hydrogen) atoms. The number of fused-ring (bicyclic) bond motifs is 5. The van der Waals surface area contributed by atoms with Gasteiger partial charge in [-0.3, -0.25) is 4.79 Å². The Labute approximate surface area is 168 Å². The van der Waals surface area contributed by atoms with Crippen molar-refractivity contribution in [2.24, 2.45) is 23.2 Å². The van der Waals surface area contributed by atoms with E-state index in [-0.39, 0.29) is 23.0 Å². The average molecular weight is 428 g/mol. The number of carbonyl (C=O) groups is 1. The molecule has 0 spiro atoms. The Hall–Kier alpha value is -1.83. The number of hydrogen-bond donors (Lipinski definition) is 0. The lowest BCUT2D eigenvalue weighted by atomic mass is 9.52. The first-order chi connectivity index (χ1) is 13.5. The Morgan fingerprint density at radius 1 is 1.24 bits per heavy atom. The Bertz CT molecular complexity index is 969. The van der Waals surface area contributed by atoms with Crippen LogP contribution in [0.25, 0.3) is 0 Å². The van der Waals surface area contributed by atoms with Crippen LogP contribution in [0.3, 0.4) is 0 Å². The van der Waals surface area contributed by atoms with Crippen LogP contribution in [-0.4, -0.2) is 19.7 Å². The van der Waals surface area contributed by atoms with Crippen LogP contribution in [0.15, 0.2) is 30.9 Å². The summed E-state index contributed by atoms with van der Waals surface area (Å²) in [6, 6.07) is 4.38. The van der Waals surface area contributed by atoms with Gasteiger partial charge in [-0.15, -0.1) is 6.58 Å². The first-order valence-corrected chi connectivity index (χ1v) is 11.2. The van der Waals surface area contributed by atoms with E-state index >= 15 is 0 Å². The number of rotatable bonds is 3. The quantitative estimate of drug-likeness (QED) is 0.396. The molecule has 4 rings (SSSR count). The van der Waals surface area contributed by atoms with Crippen molar-refractivity contribution in [3.63, 3.8) is 0 Å². The molecule has 0 aliphatic heterocycles. The number of benzene rings is 1. The van der Waals surface area contributed by atoms with E-state index in [1.165, 1.54) is 12.1 Å². The molecular weight excluding hydrogens is 405 g/mol. The highest BCUT2D eigenvalue weighted by molar-refractivity contribution is 7.88. The Morgan fingerprint density at radius 2 is 1.97 bits per heavy atom. The Morgan fingerprint density at radius 3 is 2.62 bits per heavy atom. The molecule has 0 saturated heterocycles. The van der Waals surface area contributed by atoms with Gasteiger partial charge in [-0.25, -0.2) is 0 Å². The highest BCUT2D eigenvalue weighted by Gasteiger charge is 2.57. The topological polar surface area (TPSA) is 60.4 Å². The van der Waals surface area contributed by atoms with Gasteiger partial charge >= 0.3 is 15.6 Å². The first-order valence-electron chi connectivity index (χ1n) is 9.77. The van der Waals surface area contributed by atoms with Gasteiger partial charge in [0, 0.05) is 11.8 Å². The van der Waals surface area contributed by atoms with Gasteiger partial charge in [0.1, 0.15) is 11.5 Å². The van der Waals surface area contributed by atoms with Crippen LogP contribution in [0.5, 0.6) is 5.75 Å². The van der Waals surface area contributed by atoms with Gasteiger partial charge in [-0.05, 0) is 72.6 Å². The maximum atomic E-state index is 12.6. The number of aryl methyl sites for hydroxylation is 1. The van der Waals surface area contributed by atoms with Crippen molar-refractivity contribution in [2.75, 3.05) is 0 Å². The largest absolute Gasteiger partial charge is 0.534 e. The monoisotopic (exact) mass is 428 g/mol. The van der Waals surface area contributed by atoms with E-state index in [1.54, 1.807) is 6.07 Å². The minimum Gasteiger partial charge on any atom is -0.376 e. The SMILES string of the molecule is C=C[C@H]1C[C@]2(C)C(=O)CCC2C2CCc3cc(OS(=O)(=O)C(F)(F)F)ccc3C21. The standard InChI is InChI=1S/C21H23F3O4S/c1-3-12-11-20(2)17(8-9-18(20)25)16-6-4-13-10-14(5-7-15(13)19(12)16)28-29(26,27)21(22,23)24/h3,5,7,10,12,16-17,19H,1,4,6,8-9,11H2,2H3/t12-,16?,17?,19?,20-/m0/s1. The van der Waals surface area contributed by atoms with Crippen molar-refractivity contribution < 1.29 is 30.6 Å². The van der Waals surface area contributed by atoms with Crippen molar-refractivity contribution in [3.05, 3.63) is 42.0 Å². The van der Waals surface area contributed by atoms with Crippen LogP contribution in [-0.2, 0) is 21.3 Å². The van der Waals surface area contributed by atoms with Gasteiger partial charge in [0.25, 0.3) is 0 Å². The summed E-state index contributed by atoms with van der Waals surface area (Å²) in [6.07, 6.45) is 5.51. The third-order valence-electron chi connectivity index (χ3n) is 7.25. The summed E-state index contributed by atoms with van der Waals surface area (Å²) in [5.74, 6) is 0.819. The zero-order chi connectivity index (χ0) is 21.2. The average Bonchev–Trinajstić information content (AvgIpc) is 2.94. The van der Waals surface area contributed by atoms with Crippen LogP contribution in [0.1, 0.15) is 49.7 Å². The molecule has 0 aromatic heterocycles. The Balaban J connectivity index is 1.68. The first kappa shape index (κ1) is 20.4. The molecule has 2 fully saturated rings. The summed E-state index contributed by atoms with van der Waals surface area (Å²) in [4.78, 5) is 12.6. The molecule has 158 valence electrons. The lowest BCUT2D eigenvalue weighted by molar-refractivity contribution is -0.130. The van der Waals surface area contributed by atoms with E-state index in [2.05, 4.69) is 17.7 Å². The molecular formula is C21H23F3O4S. The predicted octanol–water partition coefficient (Wildman–Crippen LogP) is 4.75. The fourth-order valence-corrected chi connectivity index (χ4v) is 6.43. The second kappa shape index (κ2) is 6.59. The molecule has 0 N–H and O–H groups in total. The fraction of sp³-hybridized carbons (Fsp3) is 0.571. The van der Waals surface area contributed by atoms with Gasteiger partial charge in [-0.1, -0.05) is 19.1 Å². The highest BCUT2D eigenvalue weighted by atomic mass is 32.2. The van der Waals surface area contributed by atoms with Gasteiger partial charge in [0.15, 0.2) is 0 Å². The van der Waals surface area contributed by atoms with Crippen molar-refractivity contribution >= 4 is 15.9 Å². The number of hydrogen-bond acceptors (Lipinski definition) is 4. The zero-order valence-corrected chi connectivity index (χ0v) is 16.9. The lowest BCUT2D eigenvalue weighted by Crippen LogP contribution is -2.46. The van der Waals surface area contributed by atoms with Gasteiger partial charge in [-0.2, -0.15) is 21.6 Å². The Kier molecular flexibility index (Phi) is 4.64. The molecule has 3 aliphatic rings. The van der Waals surface area contributed by atoms with Crippen molar-refractivity contribution in [1.29, 1.82) is 0 Å². The summed E-state index contributed by atoms with van der Waals surface area (Å²) in [6.45, 7) is 6.04. The maximum Gasteiger partial charge on any atom is 0.534 e.